The minimum Gasteiger partial charge on any atom is -0.462 e. The second kappa shape index (κ2) is 14.6. The maximum atomic E-state index is 11.9. The summed E-state index contributed by atoms with van der Waals surface area (Å²) < 4.78 is 31.7. The minimum atomic E-state index is -1.49. The fourth-order valence-electron chi connectivity index (χ4n) is 2.98. The van der Waals surface area contributed by atoms with Gasteiger partial charge in [-0.05, 0) is 5.56 Å². The lowest BCUT2D eigenvalue weighted by Gasteiger charge is -2.35. The Labute approximate surface area is 197 Å². The van der Waals surface area contributed by atoms with E-state index in [1.54, 1.807) is 0 Å². The Bertz CT molecular complexity index is 837. The van der Waals surface area contributed by atoms with E-state index in [-0.39, 0.29) is 13.2 Å². The largest absolute Gasteiger partial charge is 0.462 e. The third-order valence-corrected chi connectivity index (χ3v) is 4.14. The Kier molecular flexibility index (Phi) is 12.3. The van der Waals surface area contributed by atoms with Crippen molar-refractivity contribution in [3.63, 3.8) is 0 Å². The summed E-state index contributed by atoms with van der Waals surface area (Å²) in [5, 5.41) is 0. The molecule has 0 amide bonds. The highest BCUT2D eigenvalue weighted by Crippen LogP contribution is 2.21. The second-order valence-electron chi connectivity index (χ2n) is 7.25. The second-order valence-corrected chi connectivity index (χ2v) is 7.25. The van der Waals surface area contributed by atoms with Crippen LogP contribution in [0.5, 0.6) is 0 Å². The molecule has 11 heteroatoms. The average molecular weight is 482 g/mol. The first-order chi connectivity index (χ1) is 16.0. The summed E-state index contributed by atoms with van der Waals surface area (Å²) in [6, 6.07) is 9.12. The normalized spacial score (nSPS) is 14.0. The van der Waals surface area contributed by atoms with Crippen LogP contribution in [-0.2, 0) is 59.0 Å². The number of esters is 5. The molecular formula is C23H30O11. The summed E-state index contributed by atoms with van der Waals surface area (Å²) in [4.78, 5) is 58.6. The third kappa shape index (κ3) is 11.4. The SMILES string of the molecule is CC(=O)OC[C@@H](OC(C)=O)[C@@H](OC(C)=O)[C@H](OC(C)=O)[C@@H](COCc1ccccc1)OC(C)=O. The maximum Gasteiger partial charge on any atom is 0.303 e. The van der Waals surface area contributed by atoms with E-state index in [1.807, 2.05) is 30.3 Å². The summed E-state index contributed by atoms with van der Waals surface area (Å²) in [6.45, 7) is 4.92. The zero-order chi connectivity index (χ0) is 25.7. The number of carbonyl (C=O) groups is 5. The van der Waals surface area contributed by atoms with Crippen LogP contribution in [0.2, 0.25) is 0 Å². The van der Waals surface area contributed by atoms with Crippen LogP contribution < -0.4 is 0 Å². The van der Waals surface area contributed by atoms with Gasteiger partial charge in [-0.2, -0.15) is 0 Å². The Hall–Kier alpha value is -3.47. The van der Waals surface area contributed by atoms with Gasteiger partial charge >= 0.3 is 29.8 Å². The monoisotopic (exact) mass is 482 g/mol. The van der Waals surface area contributed by atoms with Gasteiger partial charge in [0.2, 0.25) is 0 Å². The van der Waals surface area contributed by atoms with Crippen molar-refractivity contribution in [3.05, 3.63) is 35.9 Å². The predicted molar refractivity (Wildman–Crippen MR) is 115 cm³/mol. The van der Waals surface area contributed by atoms with Crippen LogP contribution >= 0.6 is 0 Å². The van der Waals surface area contributed by atoms with Crippen LogP contribution in [0.15, 0.2) is 30.3 Å². The van der Waals surface area contributed by atoms with E-state index >= 15 is 0 Å². The first-order valence-electron chi connectivity index (χ1n) is 10.4. The van der Waals surface area contributed by atoms with Gasteiger partial charge in [0.1, 0.15) is 6.61 Å². The van der Waals surface area contributed by atoms with E-state index in [4.69, 9.17) is 28.4 Å². The van der Waals surface area contributed by atoms with Gasteiger partial charge in [0.25, 0.3) is 0 Å². The van der Waals surface area contributed by atoms with Crippen LogP contribution in [0.4, 0.5) is 0 Å². The van der Waals surface area contributed by atoms with Crippen molar-refractivity contribution in [2.75, 3.05) is 13.2 Å². The molecule has 0 fully saturated rings. The van der Waals surface area contributed by atoms with Crippen LogP contribution in [0.3, 0.4) is 0 Å². The fourth-order valence-corrected chi connectivity index (χ4v) is 2.98. The molecule has 0 spiro atoms. The zero-order valence-corrected chi connectivity index (χ0v) is 19.8. The summed E-state index contributed by atoms with van der Waals surface area (Å²) >= 11 is 0. The zero-order valence-electron chi connectivity index (χ0n) is 19.8. The summed E-state index contributed by atoms with van der Waals surface area (Å²) in [7, 11) is 0. The van der Waals surface area contributed by atoms with Gasteiger partial charge in [0.05, 0.1) is 13.2 Å². The molecule has 1 aromatic rings. The molecule has 11 nitrogen and oxygen atoms in total. The van der Waals surface area contributed by atoms with Crippen LogP contribution in [-0.4, -0.2) is 67.5 Å². The van der Waals surface area contributed by atoms with E-state index < -0.39 is 60.9 Å². The van der Waals surface area contributed by atoms with Gasteiger partial charge < -0.3 is 28.4 Å². The van der Waals surface area contributed by atoms with Crippen LogP contribution in [0.1, 0.15) is 40.2 Å². The van der Waals surface area contributed by atoms with Crippen molar-refractivity contribution in [1.82, 2.24) is 0 Å². The van der Waals surface area contributed by atoms with Crippen molar-refractivity contribution >= 4 is 29.8 Å². The van der Waals surface area contributed by atoms with Crippen molar-refractivity contribution < 1.29 is 52.4 Å². The molecule has 188 valence electrons. The molecule has 1 rings (SSSR count). The Morgan fingerprint density at radius 2 is 1.06 bits per heavy atom. The Morgan fingerprint density at radius 3 is 1.47 bits per heavy atom. The lowest BCUT2D eigenvalue weighted by Crippen LogP contribution is -2.54. The molecule has 0 aliphatic rings. The van der Waals surface area contributed by atoms with Gasteiger partial charge in [-0.1, -0.05) is 30.3 Å². The van der Waals surface area contributed by atoms with Gasteiger partial charge in [-0.15, -0.1) is 0 Å². The van der Waals surface area contributed by atoms with Gasteiger partial charge in [0, 0.05) is 34.6 Å². The van der Waals surface area contributed by atoms with E-state index in [9.17, 15) is 24.0 Å². The van der Waals surface area contributed by atoms with Crippen molar-refractivity contribution in [2.24, 2.45) is 0 Å². The minimum absolute atomic E-state index is 0.143. The average Bonchev–Trinajstić information content (AvgIpc) is 2.72. The molecule has 4 atom stereocenters. The number of ether oxygens (including phenoxy) is 6. The van der Waals surface area contributed by atoms with E-state index in [1.165, 1.54) is 0 Å². The maximum absolute atomic E-state index is 11.9. The van der Waals surface area contributed by atoms with Gasteiger partial charge in [-0.3, -0.25) is 24.0 Å². The molecule has 0 saturated carbocycles. The smallest absolute Gasteiger partial charge is 0.303 e. The van der Waals surface area contributed by atoms with E-state index in [0.29, 0.717) is 0 Å². The molecule has 0 bridgehead atoms. The summed E-state index contributed by atoms with van der Waals surface area (Å²) in [6.07, 6.45) is -5.58. The lowest BCUT2D eigenvalue weighted by atomic mass is 10.0. The highest BCUT2D eigenvalue weighted by molar-refractivity contribution is 5.69. The molecule has 0 radical (unpaired) electrons. The standard InChI is InChI=1S/C23H30O11/c1-14(24)30-13-21(32-16(3)26)23(34-18(5)28)22(33-17(4)27)20(31-15(2)25)12-29-11-19-9-7-6-8-10-19/h6-10,20-23H,11-13H2,1-5H3/t20-,21-,22-,23-/m1/s1. The topological polar surface area (TPSA) is 141 Å². The first-order valence-corrected chi connectivity index (χ1v) is 10.4. The van der Waals surface area contributed by atoms with Crippen molar-refractivity contribution in [3.8, 4) is 0 Å². The molecule has 0 unspecified atom stereocenters. The number of hydrogen-bond acceptors (Lipinski definition) is 11. The fraction of sp³-hybridized carbons (Fsp3) is 0.522. The summed E-state index contributed by atoms with van der Waals surface area (Å²) in [5.74, 6) is -3.80. The van der Waals surface area contributed by atoms with Gasteiger partial charge in [0.15, 0.2) is 24.4 Å². The van der Waals surface area contributed by atoms with E-state index in [2.05, 4.69) is 0 Å². The van der Waals surface area contributed by atoms with Crippen molar-refractivity contribution in [1.29, 1.82) is 0 Å². The first kappa shape index (κ1) is 28.6. The van der Waals surface area contributed by atoms with E-state index in [0.717, 1.165) is 40.2 Å². The van der Waals surface area contributed by atoms with Crippen LogP contribution in [0.25, 0.3) is 0 Å². The molecule has 0 aliphatic carbocycles. The molecule has 0 N–H and O–H groups in total. The lowest BCUT2D eigenvalue weighted by molar-refractivity contribution is -0.206. The molecule has 34 heavy (non-hydrogen) atoms. The number of hydrogen-bond donors (Lipinski definition) is 0. The Morgan fingerprint density at radius 1 is 0.618 bits per heavy atom. The molecule has 1 aromatic carbocycles. The van der Waals surface area contributed by atoms with Gasteiger partial charge in [-0.25, -0.2) is 0 Å². The number of carbonyl (C=O) groups excluding carboxylic acids is 5. The third-order valence-electron chi connectivity index (χ3n) is 4.14. The Balaban J connectivity index is 3.28. The predicted octanol–water partition coefficient (Wildman–Crippen LogP) is 1.49. The highest BCUT2D eigenvalue weighted by Gasteiger charge is 2.44. The highest BCUT2D eigenvalue weighted by atomic mass is 16.6. The number of rotatable bonds is 13. The molecular weight excluding hydrogens is 452 g/mol. The molecule has 0 heterocycles. The summed E-state index contributed by atoms with van der Waals surface area (Å²) in [5.41, 5.74) is 0.831. The van der Waals surface area contributed by atoms with Crippen LogP contribution in [0, 0.1) is 0 Å². The molecule has 0 saturated heterocycles. The number of benzene rings is 1. The van der Waals surface area contributed by atoms with Crippen molar-refractivity contribution in [2.45, 2.75) is 65.6 Å². The quantitative estimate of drug-likeness (QED) is 0.298. The molecule has 0 aliphatic heterocycles. The molecule has 0 aromatic heterocycles.